The third kappa shape index (κ3) is 4.71. The molecule has 29 heavy (non-hydrogen) atoms. The Morgan fingerprint density at radius 2 is 1.83 bits per heavy atom. The molecule has 1 N–H and O–H groups in total. The molecule has 6 nitrogen and oxygen atoms in total. The minimum absolute atomic E-state index is 0.0837. The molecule has 3 aromatic rings. The molecule has 150 valence electrons. The van der Waals surface area contributed by atoms with Crippen molar-refractivity contribution in [1.82, 2.24) is 20.4 Å². The first kappa shape index (κ1) is 19.3. The first-order chi connectivity index (χ1) is 14.2. The highest BCUT2D eigenvalue weighted by molar-refractivity contribution is 5.77. The predicted octanol–water partition coefficient (Wildman–Crippen LogP) is 3.54. The zero-order chi connectivity index (χ0) is 20.1. The van der Waals surface area contributed by atoms with E-state index >= 15 is 0 Å². The van der Waals surface area contributed by atoms with Gasteiger partial charge in [-0.05, 0) is 44.0 Å². The quantitative estimate of drug-likeness (QED) is 0.668. The van der Waals surface area contributed by atoms with Crippen LogP contribution < -0.4 is 5.32 Å². The number of likely N-dealkylation sites (tertiary alicyclic amines) is 1. The van der Waals surface area contributed by atoms with E-state index in [0.717, 1.165) is 24.2 Å². The van der Waals surface area contributed by atoms with Gasteiger partial charge in [0.15, 0.2) is 0 Å². The summed E-state index contributed by atoms with van der Waals surface area (Å²) in [6.45, 7) is 4.71. The van der Waals surface area contributed by atoms with Crippen LogP contribution in [0.5, 0.6) is 0 Å². The minimum Gasteiger partial charge on any atom is -0.354 e. The van der Waals surface area contributed by atoms with E-state index in [0.29, 0.717) is 18.3 Å². The van der Waals surface area contributed by atoms with Crippen molar-refractivity contribution in [3.8, 4) is 11.4 Å². The lowest BCUT2D eigenvalue weighted by atomic mass is 10.1. The van der Waals surface area contributed by atoms with E-state index in [1.54, 1.807) is 0 Å². The van der Waals surface area contributed by atoms with Gasteiger partial charge in [-0.3, -0.25) is 9.69 Å². The van der Waals surface area contributed by atoms with Crippen LogP contribution in [0.25, 0.3) is 11.4 Å². The number of carbonyl (C=O) groups is 1. The topological polar surface area (TPSA) is 71.3 Å². The molecule has 2 aromatic carbocycles. The fraction of sp³-hybridized carbons (Fsp3) is 0.348. The molecule has 1 aromatic heterocycles. The van der Waals surface area contributed by atoms with Gasteiger partial charge < -0.3 is 9.84 Å². The number of aryl methyl sites for hydroxylation is 1. The van der Waals surface area contributed by atoms with Crippen molar-refractivity contribution >= 4 is 5.91 Å². The fourth-order valence-corrected chi connectivity index (χ4v) is 3.86. The van der Waals surface area contributed by atoms with Crippen LogP contribution in [-0.2, 0) is 11.2 Å². The van der Waals surface area contributed by atoms with Crippen molar-refractivity contribution in [2.75, 3.05) is 19.6 Å². The van der Waals surface area contributed by atoms with E-state index in [1.165, 1.54) is 18.4 Å². The van der Waals surface area contributed by atoms with Crippen molar-refractivity contribution in [1.29, 1.82) is 0 Å². The number of hydrogen-bond donors (Lipinski definition) is 1. The summed E-state index contributed by atoms with van der Waals surface area (Å²) in [5, 5.41) is 7.09. The molecule has 0 aliphatic carbocycles. The number of hydrogen-bond acceptors (Lipinski definition) is 5. The second-order valence-corrected chi connectivity index (χ2v) is 7.48. The molecule has 6 heteroatoms. The van der Waals surface area contributed by atoms with Gasteiger partial charge in [-0.25, -0.2) is 0 Å². The first-order valence-electron chi connectivity index (χ1n) is 10.1. The van der Waals surface area contributed by atoms with Gasteiger partial charge in [-0.1, -0.05) is 59.8 Å². The van der Waals surface area contributed by atoms with Crippen molar-refractivity contribution in [2.45, 2.75) is 32.2 Å². The van der Waals surface area contributed by atoms with Crippen LogP contribution in [0.1, 0.15) is 35.9 Å². The molecule has 2 heterocycles. The summed E-state index contributed by atoms with van der Waals surface area (Å²) in [5.74, 6) is 0.744. The summed E-state index contributed by atoms with van der Waals surface area (Å²) in [6, 6.07) is 18.4. The molecule has 1 amide bonds. The Kier molecular flexibility index (Phi) is 6.00. The summed E-state index contributed by atoms with van der Waals surface area (Å²) in [7, 11) is 0. The Bertz CT molecular complexity index is 948. The molecule has 1 saturated heterocycles. The van der Waals surface area contributed by atoms with Gasteiger partial charge in [-0.2, -0.15) is 4.98 Å². The van der Waals surface area contributed by atoms with Crippen LogP contribution in [0.15, 0.2) is 59.1 Å². The Labute approximate surface area is 170 Å². The summed E-state index contributed by atoms with van der Waals surface area (Å²) in [6.07, 6.45) is 2.50. The van der Waals surface area contributed by atoms with Crippen molar-refractivity contribution in [3.63, 3.8) is 0 Å². The highest BCUT2D eigenvalue weighted by Gasteiger charge is 2.24. The van der Waals surface area contributed by atoms with Gasteiger partial charge in [0.25, 0.3) is 0 Å². The molecule has 0 radical (unpaired) electrons. The normalized spacial score (nSPS) is 15.3. The highest BCUT2D eigenvalue weighted by Crippen LogP contribution is 2.24. The maximum Gasteiger partial charge on any atom is 0.236 e. The summed E-state index contributed by atoms with van der Waals surface area (Å²) in [5.41, 5.74) is 3.22. The van der Waals surface area contributed by atoms with Crippen LogP contribution in [0.3, 0.4) is 0 Å². The van der Waals surface area contributed by atoms with Gasteiger partial charge >= 0.3 is 0 Å². The zero-order valence-corrected chi connectivity index (χ0v) is 16.7. The summed E-state index contributed by atoms with van der Waals surface area (Å²) in [4.78, 5) is 19.4. The molecule has 0 spiro atoms. The van der Waals surface area contributed by atoms with E-state index in [9.17, 15) is 4.79 Å². The van der Waals surface area contributed by atoms with E-state index in [2.05, 4.69) is 32.5 Å². The van der Waals surface area contributed by atoms with Gasteiger partial charge in [0, 0.05) is 12.1 Å². The summed E-state index contributed by atoms with van der Waals surface area (Å²) >= 11 is 0. The predicted molar refractivity (Wildman–Crippen MR) is 111 cm³/mol. The van der Waals surface area contributed by atoms with Crippen LogP contribution in [-0.4, -0.2) is 40.6 Å². The number of amides is 1. The number of rotatable bonds is 7. The van der Waals surface area contributed by atoms with Crippen LogP contribution in [0, 0.1) is 6.92 Å². The molecule has 0 saturated carbocycles. The minimum atomic E-state index is -0.106. The second kappa shape index (κ2) is 9.01. The van der Waals surface area contributed by atoms with Gasteiger partial charge in [0.05, 0.1) is 6.04 Å². The highest BCUT2D eigenvalue weighted by atomic mass is 16.5. The van der Waals surface area contributed by atoms with Gasteiger partial charge in [-0.15, -0.1) is 0 Å². The van der Waals surface area contributed by atoms with E-state index in [1.807, 2.05) is 49.4 Å². The lowest BCUT2D eigenvalue weighted by Crippen LogP contribution is -2.37. The average Bonchev–Trinajstić information content (AvgIpc) is 3.42. The Balaban J connectivity index is 1.38. The summed E-state index contributed by atoms with van der Waals surface area (Å²) < 4.78 is 5.30. The van der Waals surface area contributed by atoms with E-state index in [-0.39, 0.29) is 18.4 Å². The number of aromatic nitrogens is 2. The van der Waals surface area contributed by atoms with Crippen molar-refractivity contribution < 1.29 is 9.32 Å². The Morgan fingerprint density at radius 3 is 2.59 bits per heavy atom. The zero-order valence-electron chi connectivity index (χ0n) is 16.7. The number of carbonyl (C=O) groups excluding carboxylic acids is 1. The lowest BCUT2D eigenvalue weighted by Gasteiger charge is -2.28. The molecule has 1 unspecified atom stereocenters. The van der Waals surface area contributed by atoms with E-state index < -0.39 is 0 Å². The Morgan fingerprint density at radius 1 is 1.10 bits per heavy atom. The number of nitrogens with one attached hydrogen (secondary N) is 1. The van der Waals surface area contributed by atoms with Crippen LogP contribution >= 0.6 is 0 Å². The number of benzene rings is 2. The molecule has 1 atom stereocenters. The maximum absolute atomic E-state index is 12.5. The Hall–Kier alpha value is -2.99. The largest absolute Gasteiger partial charge is 0.354 e. The monoisotopic (exact) mass is 390 g/mol. The molecular weight excluding hydrogens is 364 g/mol. The molecule has 0 bridgehead atoms. The molecule has 4 rings (SSSR count). The van der Waals surface area contributed by atoms with Crippen LogP contribution in [0.4, 0.5) is 0 Å². The van der Waals surface area contributed by atoms with Crippen molar-refractivity contribution in [3.05, 3.63) is 71.6 Å². The fourth-order valence-electron chi connectivity index (χ4n) is 3.86. The first-order valence-corrected chi connectivity index (χ1v) is 10.1. The van der Waals surface area contributed by atoms with Gasteiger partial charge in [0.2, 0.25) is 17.6 Å². The van der Waals surface area contributed by atoms with E-state index in [4.69, 9.17) is 4.52 Å². The molecule has 1 aliphatic heterocycles. The van der Waals surface area contributed by atoms with Crippen LogP contribution in [0.2, 0.25) is 0 Å². The third-order valence-electron chi connectivity index (χ3n) is 5.42. The average molecular weight is 390 g/mol. The maximum atomic E-state index is 12.5. The SMILES string of the molecule is Cc1ccccc1-c1noc(CC(=O)NCC(c2ccccc2)N2CCCC2)n1. The number of nitrogens with zero attached hydrogens (tertiary/aromatic N) is 3. The van der Waals surface area contributed by atoms with Gasteiger partial charge in [0.1, 0.15) is 6.42 Å². The second-order valence-electron chi connectivity index (χ2n) is 7.48. The lowest BCUT2D eigenvalue weighted by molar-refractivity contribution is -0.121. The standard InChI is InChI=1S/C23H26N4O2/c1-17-9-5-6-12-19(17)23-25-22(29-26-23)15-21(28)24-16-20(27-13-7-8-14-27)18-10-3-2-4-11-18/h2-6,9-12,20H,7-8,13-16H2,1H3,(H,24,28). The molecular formula is C23H26N4O2. The molecule has 1 aliphatic rings. The van der Waals surface area contributed by atoms with Crippen molar-refractivity contribution in [2.24, 2.45) is 0 Å². The molecule has 1 fully saturated rings. The third-order valence-corrected chi connectivity index (χ3v) is 5.42. The smallest absolute Gasteiger partial charge is 0.236 e.